The van der Waals surface area contributed by atoms with E-state index in [-0.39, 0.29) is 0 Å². The maximum absolute atomic E-state index is 11.6. The number of aliphatic carboxylic acids is 1. The van der Waals surface area contributed by atoms with Crippen molar-refractivity contribution in [2.75, 3.05) is 0 Å². The minimum absolute atomic E-state index is 0.310. The third-order valence-corrected chi connectivity index (χ3v) is 4.52. The van der Waals surface area contributed by atoms with Gasteiger partial charge in [0.25, 0.3) is 0 Å². The maximum atomic E-state index is 11.6. The van der Waals surface area contributed by atoms with Crippen molar-refractivity contribution < 1.29 is 15.0 Å². The van der Waals surface area contributed by atoms with Crippen LogP contribution in [0.4, 0.5) is 0 Å². The van der Waals surface area contributed by atoms with Crippen LogP contribution in [0.2, 0.25) is 10.0 Å². The average molecular weight is 303 g/mol. The first-order valence-electron chi connectivity index (χ1n) is 6.34. The monoisotopic (exact) mass is 302 g/mol. The fraction of sp³-hybridized carbons (Fsp3) is 0.500. The summed E-state index contributed by atoms with van der Waals surface area (Å²) < 4.78 is 0. The lowest BCUT2D eigenvalue weighted by molar-refractivity contribution is -0.147. The molecule has 2 rings (SSSR count). The highest BCUT2D eigenvalue weighted by Crippen LogP contribution is 2.41. The lowest BCUT2D eigenvalue weighted by Crippen LogP contribution is -2.42. The Hall–Kier alpha value is -0.770. The lowest BCUT2D eigenvalue weighted by Gasteiger charge is -2.37. The van der Waals surface area contributed by atoms with Gasteiger partial charge in [-0.2, -0.15) is 0 Å². The molecule has 19 heavy (non-hydrogen) atoms. The van der Waals surface area contributed by atoms with Gasteiger partial charge in [0.2, 0.25) is 0 Å². The van der Waals surface area contributed by atoms with Gasteiger partial charge in [-0.1, -0.05) is 48.5 Å². The van der Waals surface area contributed by atoms with Gasteiger partial charge in [-0.25, -0.2) is 0 Å². The highest BCUT2D eigenvalue weighted by atomic mass is 35.5. The smallest absolute Gasteiger partial charge is 0.313 e. The predicted molar refractivity (Wildman–Crippen MR) is 74.9 cm³/mol. The Morgan fingerprint density at radius 2 is 1.79 bits per heavy atom. The Kier molecular flexibility index (Phi) is 4.39. The van der Waals surface area contributed by atoms with Gasteiger partial charge in [0, 0.05) is 0 Å². The standard InChI is InChI=1S/C14H16Cl2O3/c15-10-5-4-9(8-11(10)16)12(13(17)18)14(19)6-2-1-3-7-14/h4-5,8,12,19H,1-3,6-7H2,(H,17,18). The molecule has 3 nitrogen and oxygen atoms in total. The van der Waals surface area contributed by atoms with E-state index >= 15 is 0 Å². The number of carboxylic acids is 1. The molecule has 0 bridgehead atoms. The van der Waals surface area contributed by atoms with Gasteiger partial charge in [-0.15, -0.1) is 0 Å². The van der Waals surface area contributed by atoms with Gasteiger partial charge < -0.3 is 10.2 Å². The third-order valence-electron chi connectivity index (χ3n) is 3.78. The van der Waals surface area contributed by atoms with Crippen molar-refractivity contribution in [2.24, 2.45) is 0 Å². The number of carbonyl (C=O) groups is 1. The Morgan fingerprint density at radius 3 is 2.32 bits per heavy atom. The van der Waals surface area contributed by atoms with E-state index in [1.165, 1.54) is 6.07 Å². The summed E-state index contributed by atoms with van der Waals surface area (Å²) in [6.07, 6.45) is 3.74. The molecule has 0 radical (unpaired) electrons. The van der Waals surface area contributed by atoms with Crippen molar-refractivity contribution in [2.45, 2.75) is 43.6 Å². The minimum atomic E-state index is -1.19. The Bertz CT molecular complexity index is 482. The molecule has 0 amide bonds. The number of benzene rings is 1. The highest BCUT2D eigenvalue weighted by Gasteiger charge is 2.43. The second-order valence-electron chi connectivity index (χ2n) is 5.11. The first kappa shape index (κ1) is 14.6. The quantitative estimate of drug-likeness (QED) is 0.891. The van der Waals surface area contributed by atoms with E-state index in [1.54, 1.807) is 12.1 Å². The minimum Gasteiger partial charge on any atom is -0.481 e. The summed E-state index contributed by atoms with van der Waals surface area (Å²) in [5, 5.41) is 20.8. The molecule has 2 N–H and O–H groups in total. The van der Waals surface area contributed by atoms with Crippen LogP contribution < -0.4 is 0 Å². The van der Waals surface area contributed by atoms with Gasteiger partial charge in [0.05, 0.1) is 15.6 Å². The number of hydrogen-bond donors (Lipinski definition) is 2. The zero-order chi connectivity index (χ0) is 14.0. The Labute approximate surface area is 122 Å². The zero-order valence-corrected chi connectivity index (χ0v) is 11.9. The van der Waals surface area contributed by atoms with Crippen LogP contribution in [0, 0.1) is 0 Å². The van der Waals surface area contributed by atoms with E-state index < -0.39 is 17.5 Å². The molecule has 0 aliphatic heterocycles. The van der Waals surface area contributed by atoms with E-state index in [2.05, 4.69) is 0 Å². The summed E-state index contributed by atoms with van der Waals surface area (Å²) >= 11 is 11.8. The van der Waals surface area contributed by atoms with Crippen LogP contribution in [0.1, 0.15) is 43.6 Å². The predicted octanol–water partition coefficient (Wildman–Crippen LogP) is 3.86. The molecule has 104 valence electrons. The first-order chi connectivity index (χ1) is 8.94. The molecule has 1 fully saturated rings. The fourth-order valence-corrected chi connectivity index (χ4v) is 3.13. The van der Waals surface area contributed by atoms with Crippen LogP contribution in [-0.2, 0) is 4.79 Å². The third kappa shape index (κ3) is 3.04. The zero-order valence-electron chi connectivity index (χ0n) is 10.4. The second kappa shape index (κ2) is 5.70. The molecule has 1 atom stereocenters. The number of aliphatic hydroxyl groups is 1. The molecule has 1 saturated carbocycles. The highest BCUT2D eigenvalue weighted by molar-refractivity contribution is 6.42. The summed E-state index contributed by atoms with van der Waals surface area (Å²) in [6.45, 7) is 0. The second-order valence-corrected chi connectivity index (χ2v) is 5.92. The number of hydrogen-bond acceptors (Lipinski definition) is 2. The van der Waals surface area contributed by atoms with E-state index in [0.717, 1.165) is 19.3 Å². The number of halogens is 2. The Balaban J connectivity index is 2.39. The molecule has 0 heterocycles. The molecule has 0 spiro atoms. The summed E-state index contributed by atoms with van der Waals surface area (Å²) in [6, 6.07) is 4.73. The van der Waals surface area contributed by atoms with Crippen LogP contribution in [0.3, 0.4) is 0 Å². The van der Waals surface area contributed by atoms with Crippen LogP contribution in [0.5, 0.6) is 0 Å². The number of carboxylic acid groups (broad SMARTS) is 1. The van der Waals surface area contributed by atoms with E-state index in [1.807, 2.05) is 0 Å². The normalized spacial score (nSPS) is 19.9. The van der Waals surface area contributed by atoms with Crippen molar-refractivity contribution in [3.8, 4) is 0 Å². The molecule has 5 heteroatoms. The van der Waals surface area contributed by atoms with Crippen molar-refractivity contribution in [3.05, 3.63) is 33.8 Å². The fourth-order valence-electron chi connectivity index (χ4n) is 2.83. The Morgan fingerprint density at radius 1 is 1.16 bits per heavy atom. The average Bonchev–Trinajstić information content (AvgIpc) is 2.34. The van der Waals surface area contributed by atoms with Crippen molar-refractivity contribution in [1.29, 1.82) is 0 Å². The van der Waals surface area contributed by atoms with Crippen LogP contribution in [0.25, 0.3) is 0 Å². The molecule has 1 aliphatic carbocycles. The van der Waals surface area contributed by atoms with Gasteiger partial charge in [-0.3, -0.25) is 4.79 Å². The SMILES string of the molecule is O=C(O)C(c1ccc(Cl)c(Cl)c1)C1(O)CCCCC1. The van der Waals surface area contributed by atoms with Gasteiger partial charge in [0.15, 0.2) is 0 Å². The molecule has 0 saturated heterocycles. The van der Waals surface area contributed by atoms with Gasteiger partial charge >= 0.3 is 5.97 Å². The molecule has 1 aromatic rings. The largest absolute Gasteiger partial charge is 0.481 e. The summed E-state index contributed by atoms with van der Waals surface area (Å²) in [5.41, 5.74) is -0.687. The molecule has 0 aromatic heterocycles. The molecular weight excluding hydrogens is 287 g/mol. The lowest BCUT2D eigenvalue weighted by atomic mass is 9.73. The number of rotatable bonds is 3. The summed E-state index contributed by atoms with van der Waals surface area (Å²) in [7, 11) is 0. The van der Waals surface area contributed by atoms with Crippen molar-refractivity contribution in [3.63, 3.8) is 0 Å². The summed E-state index contributed by atoms with van der Waals surface area (Å²) in [5.74, 6) is -1.98. The van der Waals surface area contributed by atoms with Crippen molar-refractivity contribution >= 4 is 29.2 Å². The van der Waals surface area contributed by atoms with E-state index in [9.17, 15) is 15.0 Å². The molecular formula is C14H16Cl2O3. The molecule has 1 unspecified atom stereocenters. The van der Waals surface area contributed by atoms with Crippen LogP contribution in [0.15, 0.2) is 18.2 Å². The molecule has 1 aliphatic rings. The first-order valence-corrected chi connectivity index (χ1v) is 7.10. The van der Waals surface area contributed by atoms with E-state index in [0.29, 0.717) is 28.5 Å². The van der Waals surface area contributed by atoms with Gasteiger partial charge in [-0.05, 0) is 30.5 Å². The van der Waals surface area contributed by atoms with Crippen molar-refractivity contribution in [1.82, 2.24) is 0 Å². The van der Waals surface area contributed by atoms with Gasteiger partial charge in [0.1, 0.15) is 5.92 Å². The summed E-state index contributed by atoms with van der Waals surface area (Å²) in [4.78, 5) is 11.6. The van der Waals surface area contributed by atoms with Crippen LogP contribution in [-0.4, -0.2) is 21.8 Å². The molecule has 1 aromatic carbocycles. The van der Waals surface area contributed by atoms with Crippen LogP contribution >= 0.6 is 23.2 Å². The maximum Gasteiger partial charge on any atom is 0.313 e. The van der Waals surface area contributed by atoms with E-state index in [4.69, 9.17) is 23.2 Å². The topological polar surface area (TPSA) is 57.5 Å².